The predicted octanol–water partition coefficient (Wildman–Crippen LogP) is 5.71. The molecule has 0 aliphatic heterocycles. The van der Waals surface area contributed by atoms with Crippen molar-refractivity contribution in [1.82, 2.24) is 0 Å². The van der Waals surface area contributed by atoms with Gasteiger partial charge in [-0.3, -0.25) is 4.79 Å². The monoisotopic (exact) mass is 302 g/mol. The van der Waals surface area contributed by atoms with E-state index in [9.17, 15) is 9.18 Å². The van der Waals surface area contributed by atoms with Crippen LogP contribution >= 0.6 is 0 Å². The highest BCUT2D eigenvalue weighted by atomic mass is 19.1. The largest absolute Gasteiger partial charge is 0.298 e. The second-order valence-electron chi connectivity index (χ2n) is 6.12. The van der Waals surface area contributed by atoms with Gasteiger partial charge in [-0.25, -0.2) is 4.39 Å². The molecule has 0 bridgehead atoms. The lowest BCUT2D eigenvalue weighted by Crippen LogP contribution is -1.90. The van der Waals surface area contributed by atoms with E-state index in [0.717, 1.165) is 49.7 Å². The van der Waals surface area contributed by atoms with Gasteiger partial charge in [0.25, 0.3) is 0 Å². The molecule has 0 aromatic heterocycles. The Labute approximate surface area is 133 Å². The maximum Gasteiger partial charge on any atom is 0.150 e. The first-order valence-electron chi connectivity index (χ1n) is 7.59. The summed E-state index contributed by atoms with van der Waals surface area (Å²) in [5.41, 5.74) is 2.93. The molecule has 23 heavy (non-hydrogen) atoms. The van der Waals surface area contributed by atoms with E-state index in [-0.39, 0.29) is 5.82 Å². The molecule has 0 aliphatic rings. The molecule has 0 amide bonds. The highest BCUT2D eigenvalue weighted by molar-refractivity contribution is 6.26. The summed E-state index contributed by atoms with van der Waals surface area (Å²) in [5, 5.41) is 6.14. The van der Waals surface area contributed by atoms with Crippen LogP contribution in [0.1, 0.15) is 21.5 Å². The summed E-state index contributed by atoms with van der Waals surface area (Å²) in [7, 11) is 0. The van der Waals surface area contributed by atoms with E-state index in [1.165, 1.54) is 6.07 Å². The number of fused-ring (bicyclic) bond motifs is 6. The normalized spacial score (nSPS) is 11.4. The minimum atomic E-state index is -0.234. The Kier molecular flexibility index (Phi) is 2.95. The van der Waals surface area contributed by atoms with Crippen molar-refractivity contribution in [2.75, 3.05) is 0 Å². The second kappa shape index (κ2) is 4.88. The number of halogens is 1. The van der Waals surface area contributed by atoms with Gasteiger partial charge in [-0.15, -0.1) is 0 Å². The first-order valence-corrected chi connectivity index (χ1v) is 7.59. The zero-order chi connectivity index (χ0) is 16.1. The van der Waals surface area contributed by atoms with Crippen molar-refractivity contribution in [1.29, 1.82) is 0 Å². The standard InChI is InChI=1S/C21H15FO/c1-12-7-13(2)21-19(8-12)18-9-14(11-23)3-5-16(18)17-6-4-15(22)10-20(17)21/h3-11H,1-2H3. The number of benzene rings is 4. The van der Waals surface area contributed by atoms with Gasteiger partial charge in [0.2, 0.25) is 0 Å². The van der Waals surface area contributed by atoms with Crippen LogP contribution in [0.5, 0.6) is 0 Å². The summed E-state index contributed by atoms with van der Waals surface area (Å²) in [6.45, 7) is 4.10. The number of hydrogen-bond acceptors (Lipinski definition) is 1. The van der Waals surface area contributed by atoms with Gasteiger partial charge >= 0.3 is 0 Å². The lowest BCUT2D eigenvalue weighted by molar-refractivity contribution is 0.112. The van der Waals surface area contributed by atoms with Crippen LogP contribution in [0.2, 0.25) is 0 Å². The van der Waals surface area contributed by atoms with Crippen molar-refractivity contribution < 1.29 is 9.18 Å². The van der Waals surface area contributed by atoms with E-state index in [1.807, 2.05) is 24.3 Å². The smallest absolute Gasteiger partial charge is 0.150 e. The second-order valence-corrected chi connectivity index (χ2v) is 6.12. The van der Waals surface area contributed by atoms with Gasteiger partial charge in [-0.2, -0.15) is 0 Å². The summed E-state index contributed by atoms with van der Waals surface area (Å²) >= 11 is 0. The summed E-state index contributed by atoms with van der Waals surface area (Å²) in [5.74, 6) is -0.234. The molecule has 0 N–H and O–H groups in total. The SMILES string of the molecule is Cc1cc(C)c2c(c1)c1cc(C=O)ccc1c1ccc(F)cc12. The minimum absolute atomic E-state index is 0.234. The summed E-state index contributed by atoms with van der Waals surface area (Å²) in [6.07, 6.45) is 0.864. The zero-order valence-corrected chi connectivity index (χ0v) is 13.0. The third-order valence-electron chi connectivity index (χ3n) is 4.49. The van der Waals surface area contributed by atoms with Gasteiger partial charge in [-0.05, 0) is 69.9 Å². The van der Waals surface area contributed by atoms with E-state index in [4.69, 9.17) is 0 Å². The van der Waals surface area contributed by atoms with E-state index < -0.39 is 0 Å². The topological polar surface area (TPSA) is 17.1 Å². The first-order chi connectivity index (χ1) is 11.1. The number of rotatable bonds is 1. The van der Waals surface area contributed by atoms with Gasteiger partial charge in [-0.1, -0.05) is 35.9 Å². The van der Waals surface area contributed by atoms with Crippen LogP contribution in [0.3, 0.4) is 0 Å². The molecule has 4 aromatic carbocycles. The molecule has 0 fully saturated rings. The fraction of sp³-hybridized carbons (Fsp3) is 0.0952. The summed E-state index contributed by atoms with van der Waals surface area (Å²) in [6, 6.07) is 14.8. The van der Waals surface area contributed by atoms with E-state index in [2.05, 4.69) is 26.0 Å². The average Bonchev–Trinajstić information content (AvgIpc) is 2.53. The van der Waals surface area contributed by atoms with Crippen molar-refractivity contribution in [3.05, 3.63) is 71.0 Å². The Morgan fingerprint density at radius 3 is 2.26 bits per heavy atom. The maximum absolute atomic E-state index is 13.8. The molecule has 2 heteroatoms. The Morgan fingerprint density at radius 2 is 1.48 bits per heavy atom. The van der Waals surface area contributed by atoms with Gasteiger partial charge in [0.1, 0.15) is 12.1 Å². The van der Waals surface area contributed by atoms with Gasteiger partial charge in [0.15, 0.2) is 0 Å². The Balaban J connectivity index is 2.39. The molecular weight excluding hydrogens is 287 g/mol. The molecule has 0 unspecified atom stereocenters. The summed E-state index contributed by atoms with van der Waals surface area (Å²) in [4.78, 5) is 11.2. The molecule has 0 radical (unpaired) electrons. The van der Waals surface area contributed by atoms with Crippen molar-refractivity contribution in [2.24, 2.45) is 0 Å². The molecule has 112 valence electrons. The Hall–Kier alpha value is -2.74. The molecule has 0 spiro atoms. The van der Waals surface area contributed by atoms with Gasteiger partial charge < -0.3 is 0 Å². The number of carbonyl (C=O) groups is 1. The highest BCUT2D eigenvalue weighted by Gasteiger charge is 2.12. The van der Waals surface area contributed by atoms with Crippen LogP contribution in [0, 0.1) is 19.7 Å². The van der Waals surface area contributed by atoms with E-state index in [0.29, 0.717) is 5.56 Å². The fourth-order valence-corrected chi connectivity index (χ4v) is 3.59. The number of hydrogen-bond donors (Lipinski definition) is 0. The summed E-state index contributed by atoms with van der Waals surface area (Å²) < 4.78 is 13.8. The maximum atomic E-state index is 13.8. The quantitative estimate of drug-likeness (QED) is 0.325. The average molecular weight is 302 g/mol. The molecular formula is C21H15FO. The Morgan fingerprint density at radius 1 is 0.783 bits per heavy atom. The molecule has 0 heterocycles. The first kappa shape index (κ1) is 13.9. The van der Waals surface area contributed by atoms with Crippen molar-refractivity contribution in [3.8, 4) is 0 Å². The predicted molar refractivity (Wildman–Crippen MR) is 93.8 cm³/mol. The van der Waals surface area contributed by atoms with E-state index in [1.54, 1.807) is 6.07 Å². The van der Waals surface area contributed by atoms with Crippen LogP contribution in [0.4, 0.5) is 4.39 Å². The molecule has 0 saturated heterocycles. The minimum Gasteiger partial charge on any atom is -0.298 e. The van der Waals surface area contributed by atoms with Crippen molar-refractivity contribution >= 4 is 38.6 Å². The molecule has 4 aromatic rings. The van der Waals surface area contributed by atoms with Crippen LogP contribution in [-0.2, 0) is 0 Å². The number of aldehydes is 1. The van der Waals surface area contributed by atoms with Crippen LogP contribution < -0.4 is 0 Å². The zero-order valence-electron chi connectivity index (χ0n) is 13.0. The number of aryl methyl sites for hydroxylation is 2. The highest BCUT2D eigenvalue weighted by Crippen LogP contribution is 2.37. The van der Waals surface area contributed by atoms with Crippen molar-refractivity contribution in [3.63, 3.8) is 0 Å². The third kappa shape index (κ3) is 2.02. The third-order valence-corrected chi connectivity index (χ3v) is 4.49. The molecule has 0 aliphatic carbocycles. The van der Waals surface area contributed by atoms with Gasteiger partial charge in [0, 0.05) is 5.56 Å². The fourth-order valence-electron chi connectivity index (χ4n) is 3.59. The van der Waals surface area contributed by atoms with Crippen molar-refractivity contribution in [2.45, 2.75) is 13.8 Å². The Bertz CT molecular complexity index is 1110. The molecule has 0 saturated carbocycles. The number of carbonyl (C=O) groups excluding carboxylic acids is 1. The molecule has 0 atom stereocenters. The lowest BCUT2D eigenvalue weighted by Gasteiger charge is -2.14. The van der Waals surface area contributed by atoms with Crippen LogP contribution in [0.25, 0.3) is 32.3 Å². The van der Waals surface area contributed by atoms with Gasteiger partial charge in [0.05, 0.1) is 0 Å². The molecule has 4 rings (SSSR count). The van der Waals surface area contributed by atoms with Crippen LogP contribution in [0.15, 0.2) is 48.5 Å². The van der Waals surface area contributed by atoms with Crippen LogP contribution in [-0.4, -0.2) is 6.29 Å². The molecule has 1 nitrogen and oxygen atoms in total. The lowest BCUT2D eigenvalue weighted by atomic mass is 9.90. The van der Waals surface area contributed by atoms with E-state index >= 15 is 0 Å².